The lowest BCUT2D eigenvalue weighted by atomic mass is 10.0. The van der Waals surface area contributed by atoms with Gasteiger partial charge in [0.25, 0.3) is 0 Å². The minimum atomic E-state index is -4.95. The molecule has 0 aromatic carbocycles. The summed E-state index contributed by atoms with van der Waals surface area (Å²) in [4.78, 5) is 72.4. The summed E-state index contributed by atoms with van der Waals surface area (Å²) >= 11 is 0. The molecule has 0 aromatic rings. The van der Waals surface area contributed by atoms with E-state index < -0.39 is 97.5 Å². The minimum Gasteiger partial charge on any atom is -0.462 e. The topological polar surface area (TPSA) is 237 Å². The maximum Gasteiger partial charge on any atom is 0.472 e. The zero-order chi connectivity index (χ0) is 64.9. The second-order valence-corrected chi connectivity index (χ2v) is 28.3. The average molecular weight is 1300 g/mol. The number of unbranched alkanes of at least 4 members (excludes halogenated alkanes) is 41. The van der Waals surface area contributed by atoms with Gasteiger partial charge in [0, 0.05) is 25.7 Å². The van der Waals surface area contributed by atoms with E-state index in [1.807, 2.05) is 0 Å². The van der Waals surface area contributed by atoms with Crippen molar-refractivity contribution in [3.63, 3.8) is 0 Å². The lowest BCUT2D eigenvalue weighted by Crippen LogP contribution is -2.30. The van der Waals surface area contributed by atoms with Crippen LogP contribution in [-0.2, 0) is 65.4 Å². The van der Waals surface area contributed by atoms with E-state index in [1.54, 1.807) is 0 Å². The van der Waals surface area contributed by atoms with Crippen molar-refractivity contribution in [3.05, 3.63) is 0 Å². The quantitative estimate of drug-likeness (QED) is 0.0222. The molecule has 88 heavy (non-hydrogen) atoms. The van der Waals surface area contributed by atoms with Crippen LogP contribution in [0.1, 0.15) is 356 Å². The highest BCUT2D eigenvalue weighted by Gasteiger charge is 2.30. The molecule has 2 unspecified atom stereocenters. The summed E-state index contributed by atoms with van der Waals surface area (Å²) in [5.74, 6) is -1.34. The second kappa shape index (κ2) is 62.5. The Kier molecular flexibility index (Phi) is 61.1. The molecular weight excluding hydrogens is 1160 g/mol. The van der Waals surface area contributed by atoms with E-state index in [4.69, 9.17) is 37.0 Å². The Morgan fingerprint density at radius 2 is 0.523 bits per heavy atom. The Bertz CT molecular complexity index is 1700. The summed E-state index contributed by atoms with van der Waals surface area (Å²) in [7, 11) is -9.89. The first-order chi connectivity index (χ1) is 42.5. The molecule has 3 N–H and O–H groups in total. The van der Waals surface area contributed by atoms with Crippen molar-refractivity contribution in [2.24, 2.45) is 5.92 Å². The standard InChI is InChI=1S/C69H134O17P2/c1-6-9-12-15-18-21-27-33-38-43-48-53-67(72)80-59-65(86-69(74)55-50-45-40-35-30-26-24-25-29-31-36-41-46-51-62(4)5)61-84-88(77,78)82-57-63(70)56-81-87(75,76)83-60-64(58-79-66(71)52-47-42-37-32-23-20-17-14-11-8-3)85-68(73)54-49-44-39-34-28-22-19-16-13-10-7-2/h62-65,70H,6-61H2,1-5H3,(H,75,76)(H,77,78)/t63-,64+,65+/m0/s1. The van der Waals surface area contributed by atoms with E-state index in [2.05, 4.69) is 34.6 Å². The lowest BCUT2D eigenvalue weighted by molar-refractivity contribution is -0.161. The summed E-state index contributed by atoms with van der Waals surface area (Å²) in [5.41, 5.74) is 0. The Labute approximate surface area is 537 Å². The highest BCUT2D eigenvalue weighted by molar-refractivity contribution is 7.47. The summed E-state index contributed by atoms with van der Waals surface area (Å²) in [6.45, 7) is 7.24. The van der Waals surface area contributed by atoms with Gasteiger partial charge in [-0.15, -0.1) is 0 Å². The maximum absolute atomic E-state index is 13.0. The summed E-state index contributed by atoms with van der Waals surface area (Å²) in [6, 6.07) is 0. The van der Waals surface area contributed by atoms with E-state index in [9.17, 15) is 43.2 Å². The van der Waals surface area contributed by atoms with Crippen LogP contribution in [-0.4, -0.2) is 96.7 Å². The Morgan fingerprint density at radius 3 is 0.773 bits per heavy atom. The van der Waals surface area contributed by atoms with Crippen LogP contribution in [0.4, 0.5) is 0 Å². The fourth-order valence-electron chi connectivity index (χ4n) is 10.5. The molecule has 0 aromatic heterocycles. The van der Waals surface area contributed by atoms with Gasteiger partial charge in [-0.1, -0.05) is 304 Å². The zero-order valence-electron chi connectivity index (χ0n) is 56.9. The van der Waals surface area contributed by atoms with Crippen LogP contribution in [0, 0.1) is 5.92 Å². The van der Waals surface area contributed by atoms with Crippen molar-refractivity contribution in [1.29, 1.82) is 0 Å². The molecule has 0 aliphatic heterocycles. The molecule has 0 rings (SSSR count). The van der Waals surface area contributed by atoms with Crippen LogP contribution in [0.3, 0.4) is 0 Å². The number of carbonyl (C=O) groups is 4. The normalized spacial score (nSPS) is 14.1. The fraction of sp³-hybridized carbons (Fsp3) is 0.942. The number of aliphatic hydroxyl groups is 1. The molecule has 0 radical (unpaired) electrons. The number of esters is 4. The predicted octanol–water partition coefficient (Wildman–Crippen LogP) is 19.7. The van der Waals surface area contributed by atoms with Gasteiger partial charge >= 0.3 is 39.5 Å². The molecule has 0 spiro atoms. The monoisotopic (exact) mass is 1300 g/mol. The van der Waals surface area contributed by atoms with E-state index in [0.717, 1.165) is 95.8 Å². The van der Waals surface area contributed by atoms with Crippen molar-refractivity contribution >= 4 is 39.5 Å². The predicted molar refractivity (Wildman–Crippen MR) is 354 cm³/mol. The molecule has 0 fully saturated rings. The van der Waals surface area contributed by atoms with Crippen LogP contribution in [0.25, 0.3) is 0 Å². The van der Waals surface area contributed by atoms with Crippen LogP contribution in [0.2, 0.25) is 0 Å². The molecule has 17 nitrogen and oxygen atoms in total. The molecule has 0 heterocycles. The van der Waals surface area contributed by atoms with Crippen molar-refractivity contribution in [2.45, 2.75) is 374 Å². The Balaban J connectivity index is 5.23. The molecule has 5 atom stereocenters. The molecule has 0 saturated heterocycles. The van der Waals surface area contributed by atoms with Crippen molar-refractivity contribution < 1.29 is 80.2 Å². The number of aliphatic hydroxyl groups excluding tert-OH is 1. The largest absolute Gasteiger partial charge is 0.472 e. The fourth-order valence-corrected chi connectivity index (χ4v) is 12.0. The average Bonchev–Trinajstić information content (AvgIpc) is 3.70. The number of hydrogen-bond acceptors (Lipinski definition) is 15. The molecule has 522 valence electrons. The first-order valence-electron chi connectivity index (χ1n) is 36.1. The molecular formula is C69H134O17P2. The van der Waals surface area contributed by atoms with Gasteiger partial charge in [-0.05, 0) is 31.6 Å². The zero-order valence-corrected chi connectivity index (χ0v) is 58.6. The second-order valence-electron chi connectivity index (χ2n) is 25.4. The highest BCUT2D eigenvalue weighted by atomic mass is 31.2. The van der Waals surface area contributed by atoms with E-state index in [0.29, 0.717) is 25.7 Å². The third-order valence-corrected chi connectivity index (χ3v) is 17.9. The van der Waals surface area contributed by atoms with Gasteiger partial charge in [0.05, 0.1) is 26.4 Å². The number of rotatable bonds is 69. The third kappa shape index (κ3) is 62.8. The first-order valence-corrected chi connectivity index (χ1v) is 39.1. The summed E-state index contributed by atoms with van der Waals surface area (Å²) in [5, 5.41) is 10.6. The Morgan fingerprint density at radius 1 is 0.307 bits per heavy atom. The van der Waals surface area contributed by atoms with Crippen molar-refractivity contribution in [3.8, 4) is 0 Å². The van der Waals surface area contributed by atoms with Crippen molar-refractivity contribution in [2.75, 3.05) is 39.6 Å². The van der Waals surface area contributed by atoms with E-state index in [1.165, 1.54) is 180 Å². The van der Waals surface area contributed by atoms with Gasteiger partial charge < -0.3 is 33.8 Å². The highest BCUT2D eigenvalue weighted by Crippen LogP contribution is 2.45. The smallest absolute Gasteiger partial charge is 0.462 e. The van der Waals surface area contributed by atoms with Gasteiger partial charge in [0.1, 0.15) is 19.3 Å². The van der Waals surface area contributed by atoms with Gasteiger partial charge in [0.15, 0.2) is 12.2 Å². The molecule has 0 aliphatic rings. The number of carbonyl (C=O) groups excluding carboxylic acids is 4. The summed E-state index contributed by atoms with van der Waals surface area (Å²) in [6.07, 6.45) is 48.4. The van der Waals surface area contributed by atoms with Gasteiger partial charge in [-0.3, -0.25) is 37.3 Å². The Hall–Kier alpha value is -1.94. The number of ether oxygens (including phenoxy) is 4. The first kappa shape index (κ1) is 86.1. The van der Waals surface area contributed by atoms with Crippen LogP contribution >= 0.6 is 15.6 Å². The molecule has 0 bridgehead atoms. The van der Waals surface area contributed by atoms with E-state index >= 15 is 0 Å². The van der Waals surface area contributed by atoms with Gasteiger partial charge in [0.2, 0.25) is 0 Å². The lowest BCUT2D eigenvalue weighted by Gasteiger charge is -2.21. The molecule has 19 heteroatoms. The van der Waals surface area contributed by atoms with Crippen LogP contribution in [0.5, 0.6) is 0 Å². The van der Waals surface area contributed by atoms with Gasteiger partial charge in [-0.2, -0.15) is 0 Å². The van der Waals surface area contributed by atoms with Gasteiger partial charge in [-0.25, -0.2) is 9.13 Å². The number of phosphoric ester groups is 2. The molecule has 0 saturated carbocycles. The number of phosphoric acid groups is 2. The maximum atomic E-state index is 13.0. The van der Waals surface area contributed by atoms with Crippen LogP contribution < -0.4 is 0 Å². The number of hydrogen-bond donors (Lipinski definition) is 3. The third-order valence-electron chi connectivity index (χ3n) is 16.0. The molecule has 0 aliphatic carbocycles. The van der Waals surface area contributed by atoms with Crippen molar-refractivity contribution in [1.82, 2.24) is 0 Å². The minimum absolute atomic E-state index is 0.107. The summed E-state index contributed by atoms with van der Waals surface area (Å²) < 4.78 is 68.2. The van der Waals surface area contributed by atoms with Crippen LogP contribution in [0.15, 0.2) is 0 Å². The molecule has 0 amide bonds. The SMILES string of the molecule is CCCCCCCCCCCCCC(=O)OC[C@H](COP(=O)(O)OC[C@@H](O)COP(=O)(O)OC[C@@H](COC(=O)CCCCCCCCCCCC)OC(=O)CCCCCCCCCCCCC)OC(=O)CCCCCCCCCCCCCCCC(C)C. The van der Waals surface area contributed by atoms with E-state index in [-0.39, 0.29) is 25.7 Å².